The summed E-state index contributed by atoms with van der Waals surface area (Å²) in [5.41, 5.74) is 2.98. The van der Waals surface area contributed by atoms with Crippen molar-refractivity contribution >= 4 is 17.7 Å². The summed E-state index contributed by atoms with van der Waals surface area (Å²) in [6.45, 7) is 2.52. The summed E-state index contributed by atoms with van der Waals surface area (Å²) in [6, 6.07) is 14.0. The van der Waals surface area contributed by atoms with Gasteiger partial charge in [-0.05, 0) is 36.8 Å². The van der Waals surface area contributed by atoms with E-state index < -0.39 is 0 Å². The van der Waals surface area contributed by atoms with Gasteiger partial charge in [-0.15, -0.1) is 0 Å². The molecule has 3 rings (SSSR count). The lowest BCUT2D eigenvalue weighted by molar-refractivity contribution is -0.118. The van der Waals surface area contributed by atoms with Crippen molar-refractivity contribution in [1.82, 2.24) is 10.3 Å². The molecule has 0 fully saturated rings. The van der Waals surface area contributed by atoms with E-state index in [0.717, 1.165) is 11.1 Å². The molecular formula is C19H17FN2O2S. The highest BCUT2D eigenvalue weighted by Gasteiger charge is 2.09. The highest BCUT2D eigenvalue weighted by molar-refractivity contribution is 7.99. The van der Waals surface area contributed by atoms with E-state index in [1.165, 1.54) is 29.5 Å². The van der Waals surface area contributed by atoms with E-state index in [-0.39, 0.29) is 17.5 Å². The maximum absolute atomic E-state index is 12.9. The number of benzene rings is 2. The Labute approximate surface area is 149 Å². The van der Waals surface area contributed by atoms with Gasteiger partial charge in [0.2, 0.25) is 5.91 Å². The standard InChI is InChI=1S/C19H17FN2O2S/c1-13-2-4-14(5-3-13)10-21-18(23)12-25-19-22-11-17(24-19)15-6-8-16(20)9-7-15/h2-9,11H,10,12H2,1H3,(H,21,23). The minimum atomic E-state index is -0.303. The fraction of sp³-hybridized carbons (Fsp3) is 0.158. The Balaban J connectivity index is 1.49. The van der Waals surface area contributed by atoms with Crippen molar-refractivity contribution < 1.29 is 13.6 Å². The molecule has 6 heteroatoms. The van der Waals surface area contributed by atoms with Crippen LogP contribution in [-0.4, -0.2) is 16.6 Å². The highest BCUT2D eigenvalue weighted by Crippen LogP contribution is 2.25. The first-order chi connectivity index (χ1) is 12.1. The SMILES string of the molecule is Cc1ccc(CNC(=O)CSc2ncc(-c3ccc(F)cc3)o2)cc1. The van der Waals surface area contributed by atoms with E-state index in [9.17, 15) is 9.18 Å². The van der Waals surface area contributed by atoms with E-state index in [0.29, 0.717) is 17.5 Å². The number of nitrogens with one attached hydrogen (secondary N) is 1. The molecule has 0 spiro atoms. The van der Waals surface area contributed by atoms with Gasteiger partial charge in [-0.3, -0.25) is 4.79 Å². The van der Waals surface area contributed by atoms with Crippen molar-refractivity contribution in [2.75, 3.05) is 5.75 Å². The number of oxazole rings is 1. The molecule has 0 aliphatic heterocycles. The molecule has 0 aliphatic rings. The molecule has 0 saturated heterocycles. The fourth-order valence-electron chi connectivity index (χ4n) is 2.16. The van der Waals surface area contributed by atoms with Gasteiger partial charge in [-0.25, -0.2) is 9.37 Å². The minimum Gasteiger partial charge on any atom is -0.431 e. The Bertz CT molecular complexity index is 845. The second-order valence-corrected chi connectivity index (χ2v) is 6.47. The van der Waals surface area contributed by atoms with Crippen LogP contribution in [0.4, 0.5) is 4.39 Å². The Kier molecular flexibility index (Phi) is 5.50. The molecule has 1 amide bonds. The summed E-state index contributed by atoms with van der Waals surface area (Å²) < 4.78 is 18.5. The van der Waals surface area contributed by atoms with Gasteiger partial charge in [0, 0.05) is 12.1 Å². The van der Waals surface area contributed by atoms with Gasteiger partial charge < -0.3 is 9.73 Å². The zero-order chi connectivity index (χ0) is 17.6. The van der Waals surface area contributed by atoms with Gasteiger partial charge in [0.25, 0.3) is 5.22 Å². The van der Waals surface area contributed by atoms with Crippen LogP contribution in [0.2, 0.25) is 0 Å². The number of aromatic nitrogens is 1. The van der Waals surface area contributed by atoms with Crippen LogP contribution in [0.5, 0.6) is 0 Å². The predicted molar refractivity (Wildman–Crippen MR) is 95.6 cm³/mol. The monoisotopic (exact) mass is 356 g/mol. The topological polar surface area (TPSA) is 55.1 Å². The summed E-state index contributed by atoms with van der Waals surface area (Å²) in [6.07, 6.45) is 1.57. The van der Waals surface area contributed by atoms with Gasteiger partial charge in [0.15, 0.2) is 5.76 Å². The van der Waals surface area contributed by atoms with Crippen molar-refractivity contribution in [3.8, 4) is 11.3 Å². The summed E-state index contributed by atoms with van der Waals surface area (Å²) in [5.74, 6) is 0.368. The molecular weight excluding hydrogens is 339 g/mol. The van der Waals surface area contributed by atoms with Gasteiger partial charge in [-0.1, -0.05) is 41.6 Å². The number of carbonyl (C=O) groups excluding carboxylic acids is 1. The quantitative estimate of drug-likeness (QED) is 0.673. The zero-order valence-electron chi connectivity index (χ0n) is 13.7. The maximum Gasteiger partial charge on any atom is 0.256 e. The average molecular weight is 356 g/mol. The van der Waals surface area contributed by atoms with Gasteiger partial charge in [0.1, 0.15) is 5.82 Å². The number of thioether (sulfide) groups is 1. The van der Waals surface area contributed by atoms with Crippen LogP contribution in [0.1, 0.15) is 11.1 Å². The smallest absolute Gasteiger partial charge is 0.256 e. The molecule has 1 aromatic heterocycles. The molecule has 0 saturated carbocycles. The number of halogens is 1. The first kappa shape index (κ1) is 17.2. The second-order valence-electron chi connectivity index (χ2n) is 5.55. The Hall–Kier alpha value is -2.60. The lowest BCUT2D eigenvalue weighted by Crippen LogP contribution is -2.24. The third-order valence-electron chi connectivity index (χ3n) is 3.55. The van der Waals surface area contributed by atoms with Crippen LogP contribution in [0.15, 0.2) is 64.4 Å². The molecule has 0 radical (unpaired) electrons. The highest BCUT2D eigenvalue weighted by atomic mass is 32.2. The molecule has 0 atom stereocenters. The van der Waals surface area contributed by atoms with Crippen LogP contribution in [-0.2, 0) is 11.3 Å². The van der Waals surface area contributed by atoms with Crippen LogP contribution in [0.25, 0.3) is 11.3 Å². The number of aryl methyl sites for hydroxylation is 1. The van der Waals surface area contributed by atoms with Gasteiger partial charge >= 0.3 is 0 Å². The molecule has 3 aromatic rings. The second kappa shape index (κ2) is 7.98. The van der Waals surface area contributed by atoms with E-state index in [2.05, 4.69) is 10.3 Å². The normalized spacial score (nSPS) is 10.6. The molecule has 1 heterocycles. The van der Waals surface area contributed by atoms with Crippen molar-refractivity contribution in [2.45, 2.75) is 18.7 Å². The van der Waals surface area contributed by atoms with Crippen LogP contribution < -0.4 is 5.32 Å². The lowest BCUT2D eigenvalue weighted by Gasteiger charge is -2.04. The predicted octanol–water partition coefficient (Wildman–Crippen LogP) is 4.20. The Morgan fingerprint density at radius 3 is 2.60 bits per heavy atom. The third kappa shape index (κ3) is 4.93. The summed E-state index contributed by atoms with van der Waals surface area (Å²) in [7, 11) is 0. The molecule has 0 bridgehead atoms. The maximum atomic E-state index is 12.9. The number of carbonyl (C=O) groups is 1. The van der Waals surface area contributed by atoms with Gasteiger partial charge in [-0.2, -0.15) is 0 Å². The molecule has 1 N–H and O–H groups in total. The van der Waals surface area contributed by atoms with Crippen LogP contribution in [0.3, 0.4) is 0 Å². The first-order valence-electron chi connectivity index (χ1n) is 7.77. The molecule has 128 valence electrons. The summed E-state index contributed by atoms with van der Waals surface area (Å²) >= 11 is 1.22. The summed E-state index contributed by atoms with van der Waals surface area (Å²) in [5, 5.41) is 3.27. The molecule has 0 aliphatic carbocycles. The van der Waals surface area contributed by atoms with Crippen molar-refractivity contribution in [2.24, 2.45) is 0 Å². The number of amides is 1. The van der Waals surface area contributed by atoms with E-state index in [1.807, 2.05) is 31.2 Å². The molecule has 0 unspecified atom stereocenters. The number of rotatable bonds is 6. The molecule has 4 nitrogen and oxygen atoms in total. The first-order valence-corrected chi connectivity index (χ1v) is 8.75. The minimum absolute atomic E-state index is 0.0906. The van der Waals surface area contributed by atoms with Crippen LogP contribution in [0, 0.1) is 12.7 Å². The zero-order valence-corrected chi connectivity index (χ0v) is 14.5. The Morgan fingerprint density at radius 1 is 1.16 bits per heavy atom. The number of hydrogen-bond acceptors (Lipinski definition) is 4. The lowest BCUT2D eigenvalue weighted by atomic mass is 10.1. The number of nitrogens with zero attached hydrogens (tertiary/aromatic N) is 1. The van der Waals surface area contributed by atoms with Crippen molar-refractivity contribution in [3.05, 3.63) is 71.7 Å². The van der Waals surface area contributed by atoms with E-state index in [4.69, 9.17) is 4.42 Å². The summed E-state index contributed by atoms with van der Waals surface area (Å²) in [4.78, 5) is 16.1. The molecule has 2 aromatic carbocycles. The Morgan fingerprint density at radius 2 is 1.88 bits per heavy atom. The largest absolute Gasteiger partial charge is 0.431 e. The average Bonchev–Trinajstić information content (AvgIpc) is 3.09. The van der Waals surface area contributed by atoms with Crippen molar-refractivity contribution in [1.29, 1.82) is 0 Å². The fourth-order valence-corrected chi connectivity index (χ4v) is 2.79. The van der Waals surface area contributed by atoms with Crippen molar-refractivity contribution in [3.63, 3.8) is 0 Å². The number of hydrogen-bond donors (Lipinski definition) is 1. The van der Waals surface area contributed by atoms with E-state index >= 15 is 0 Å². The van der Waals surface area contributed by atoms with E-state index in [1.54, 1.807) is 18.3 Å². The molecule has 25 heavy (non-hydrogen) atoms. The third-order valence-corrected chi connectivity index (χ3v) is 4.39. The van der Waals surface area contributed by atoms with Gasteiger partial charge in [0.05, 0.1) is 11.9 Å². The van der Waals surface area contributed by atoms with Crippen LogP contribution >= 0.6 is 11.8 Å².